The van der Waals surface area contributed by atoms with Crippen LogP contribution in [0.15, 0.2) is 16.8 Å². The Morgan fingerprint density at radius 3 is 2.95 bits per heavy atom. The van der Waals surface area contributed by atoms with Gasteiger partial charge in [-0.1, -0.05) is 6.92 Å². The first-order chi connectivity index (χ1) is 9.22. The van der Waals surface area contributed by atoms with Crippen molar-refractivity contribution in [3.63, 3.8) is 0 Å². The Labute approximate surface area is 121 Å². The van der Waals surface area contributed by atoms with Crippen LogP contribution < -0.4 is 5.32 Å². The van der Waals surface area contributed by atoms with Crippen LogP contribution in [0.3, 0.4) is 0 Å². The molecule has 2 nitrogen and oxygen atoms in total. The Morgan fingerprint density at radius 2 is 2.32 bits per heavy atom. The molecule has 2 aliphatic rings. The lowest BCUT2D eigenvalue weighted by atomic mass is 9.88. The number of piperazine rings is 1. The third-order valence-corrected chi connectivity index (χ3v) is 5.84. The zero-order valence-electron chi connectivity index (χ0n) is 12.2. The SMILES string of the molecule is CCC1CN(CCc2ccsc2)C(C)(C2CC2)CN1. The zero-order valence-corrected chi connectivity index (χ0v) is 13.0. The number of thiophene rings is 1. The lowest BCUT2D eigenvalue weighted by Crippen LogP contribution is -2.64. The van der Waals surface area contributed by atoms with Crippen molar-refractivity contribution in [2.75, 3.05) is 19.6 Å². The average Bonchev–Trinajstić information content (AvgIpc) is 3.16. The maximum Gasteiger partial charge on any atom is 0.0334 e. The lowest BCUT2D eigenvalue weighted by Gasteiger charge is -2.48. The highest BCUT2D eigenvalue weighted by Crippen LogP contribution is 2.44. The standard InChI is InChI=1S/C16H26N2S/c1-3-15-10-18(8-6-13-7-9-19-11-13)16(2,12-17-15)14-4-5-14/h7,9,11,14-15,17H,3-6,8,10,12H2,1-2H3. The largest absolute Gasteiger partial charge is 0.311 e. The Morgan fingerprint density at radius 1 is 1.47 bits per heavy atom. The van der Waals surface area contributed by atoms with Crippen LogP contribution in [-0.2, 0) is 6.42 Å². The summed E-state index contributed by atoms with van der Waals surface area (Å²) in [5.41, 5.74) is 1.91. The van der Waals surface area contributed by atoms with Gasteiger partial charge in [-0.3, -0.25) is 4.90 Å². The number of hydrogen-bond acceptors (Lipinski definition) is 3. The van der Waals surface area contributed by atoms with Gasteiger partial charge in [-0.25, -0.2) is 0 Å². The van der Waals surface area contributed by atoms with Crippen LogP contribution >= 0.6 is 11.3 Å². The van der Waals surface area contributed by atoms with Gasteiger partial charge in [-0.15, -0.1) is 0 Å². The molecule has 0 spiro atoms. The summed E-state index contributed by atoms with van der Waals surface area (Å²) >= 11 is 1.82. The highest BCUT2D eigenvalue weighted by molar-refractivity contribution is 7.07. The van der Waals surface area contributed by atoms with Gasteiger partial charge in [0.1, 0.15) is 0 Å². The second-order valence-electron chi connectivity index (χ2n) is 6.45. The van der Waals surface area contributed by atoms with E-state index in [9.17, 15) is 0 Å². The maximum atomic E-state index is 3.76. The minimum absolute atomic E-state index is 0.404. The van der Waals surface area contributed by atoms with E-state index in [-0.39, 0.29) is 0 Å². The fraction of sp³-hybridized carbons (Fsp3) is 0.750. The van der Waals surface area contributed by atoms with Crippen molar-refractivity contribution in [1.82, 2.24) is 10.2 Å². The van der Waals surface area contributed by atoms with E-state index in [2.05, 4.69) is 40.9 Å². The molecule has 2 fully saturated rings. The van der Waals surface area contributed by atoms with E-state index in [1.165, 1.54) is 50.9 Å². The molecule has 0 amide bonds. The molecular weight excluding hydrogens is 252 g/mol. The molecule has 1 saturated carbocycles. The van der Waals surface area contributed by atoms with Gasteiger partial charge < -0.3 is 5.32 Å². The number of nitrogens with one attached hydrogen (secondary N) is 1. The molecule has 106 valence electrons. The molecule has 19 heavy (non-hydrogen) atoms. The Kier molecular flexibility index (Phi) is 3.97. The number of hydrogen-bond donors (Lipinski definition) is 1. The molecule has 1 saturated heterocycles. The van der Waals surface area contributed by atoms with Gasteiger partial charge in [0.2, 0.25) is 0 Å². The van der Waals surface area contributed by atoms with Crippen LogP contribution in [0.1, 0.15) is 38.7 Å². The molecule has 2 heterocycles. The third-order valence-electron chi connectivity index (χ3n) is 5.11. The summed E-state index contributed by atoms with van der Waals surface area (Å²) in [6.07, 6.45) is 5.33. The summed E-state index contributed by atoms with van der Waals surface area (Å²) < 4.78 is 0. The maximum absolute atomic E-state index is 3.76. The molecule has 3 heteroatoms. The van der Waals surface area contributed by atoms with Crippen molar-refractivity contribution >= 4 is 11.3 Å². The van der Waals surface area contributed by atoms with Crippen LogP contribution in [0.25, 0.3) is 0 Å². The van der Waals surface area contributed by atoms with Gasteiger partial charge in [0, 0.05) is 31.2 Å². The minimum Gasteiger partial charge on any atom is -0.311 e. The van der Waals surface area contributed by atoms with Gasteiger partial charge in [0.15, 0.2) is 0 Å². The Balaban J connectivity index is 1.66. The van der Waals surface area contributed by atoms with Crippen LogP contribution in [0.4, 0.5) is 0 Å². The fourth-order valence-electron chi connectivity index (χ4n) is 3.43. The third kappa shape index (κ3) is 2.88. The molecule has 0 aromatic carbocycles. The van der Waals surface area contributed by atoms with E-state index >= 15 is 0 Å². The summed E-state index contributed by atoms with van der Waals surface area (Å²) in [7, 11) is 0. The molecule has 2 atom stereocenters. The number of nitrogens with zero attached hydrogens (tertiary/aromatic N) is 1. The first-order valence-electron chi connectivity index (χ1n) is 7.72. The van der Waals surface area contributed by atoms with E-state index in [4.69, 9.17) is 0 Å². The van der Waals surface area contributed by atoms with Gasteiger partial charge in [0.05, 0.1) is 0 Å². The van der Waals surface area contributed by atoms with Crippen LogP contribution in [0.5, 0.6) is 0 Å². The normalized spacial score (nSPS) is 32.6. The summed E-state index contributed by atoms with van der Waals surface area (Å²) in [4.78, 5) is 2.78. The monoisotopic (exact) mass is 278 g/mol. The molecule has 1 aliphatic carbocycles. The van der Waals surface area contributed by atoms with E-state index in [1.54, 1.807) is 0 Å². The molecule has 3 rings (SSSR count). The highest BCUT2D eigenvalue weighted by atomic mass is 32.1. The molecule has 1 aromatic heterocycles. The molecule has 1 N–H and O–H groups in total. The van der Waals surface area contributed by atoms with Crippen molar-refractivity contribution in [3.05, 3.63) is 22.4 Å². The lowest BCUT2D eigenvalue weighted by molar-refractivity contribution is 0.0352. The molecule has 2 unspecified atom stereocenters. The van der Waals surface area contributed by atoms with E-state index in [1.807, 2.05) is 11.3 Å². The first kappa shape index (κ1) is 13.6. The van der Waals surface area contributed by atoms with Crippen LogP contribution in [0, 0.1) is 5.92 Å². The summed E-state index contributed by atoms with van der Waals surface area (Å²) in [5.74, 6) is 0.931. The van der Waals surface area contributed by atoms with Crippen molar-refractivity contribution in [3.8, 4) is 0 Å². The van der Waals surface area contributed by atoms with Gasteiger partial charge in [-0.05, 0) is 60.9 Å². The minimum atomic E-state index is 0.404. The van der Waals surface area contributed by atoms with E-state index < -0.39 is 0 Å². The van der Waals surface area contributed by atoms with Crippen molar-refractivity contribution in [2.24, 2.45) is 5.92 Å². The van der Waals surface area contributed by atoms with Gasteiger partial charge in [0.25, 0.3) is 0 Å². The predicted molar refractivity (Wildman–Crippen MR) is 82.8 cm³/mol. The average molecular weight is 278 g/mol. The molecule has 1 aliphatic heterocycles. The van der Waals surface area contributed by atoms with Gasteiger partial charge in [-0.2, -0.15) is 11.3 Å². The second kappa shape index (κ2) is 5.55. The predicted octanol–water partition coefficient (Wildman–Crippen LogP) is 3.14. The summed E-state index contributed by atoms with van der Waals surface area (Å²) in [5, 5.41) is 8.26. The van der Waals surface area contributed by atoms with Crippen LogP contribution in [-0.4, -0.2) is 36.1 Å². The first-order valence-corrected chi connectivity index (χ1v) is 8.66. The van der Waals surface area contributed by atoms with Crippen LogP contribution in [0.2, 0.25) is 0 Å². The molecule has 0 bridgehead atoms. The van der Waals surface area contributed by atoms with Crippen molar-refractivity contribution in [2.45, 2.75) is 51.1 Å². The fourth-order valence-corrected chi connectivity index (χ4v) is 4.13. The molecule has 1 aromatic rings. The summed E-state index contributed by atoms with van der Waals surface area (Å²) in [6, 6.07) is 2.97. The second-order valence-corrected chi connectivity index (χ2v) is 7.23. The zero-order chi connectivity index (χ0) is 13.3. The van der Waals surface area contributed by atoms with Gasteiger partial charge >= 0.3 is 0 Å². The quantitative estimate of drug-likeness (QED) is 0.890. The molecule has 0 radical (unpaired) electrons. The Hall–Kier alpha value is -0.380. The van der Waals surface area contributed by atoms with E-state index in [0.29, 0.717) is 11.6 Å². The number of rotatable bonds is 5. The molecular formula is C16H26N2S. The highest BCUT2D eigenvalue weighted by Gasteiger charge is 2.47. The topological polar surface area (TPSA) is 15.3 Å². The Bertz CT molecular complexity index is 399. The smallest absolute Gasteiger partial charge is 0.0334 e. The van der Waals surface area contributed by atoms with E-state index in [0.717, 1.165) is 5.92 Å². The van der Waals surface area contributed by atoms with Crippen molar-refractivity contribution in [1.29, 1.82) is 0 Å². The summed E-state index contributed by atoms with van der Waals surface area (Å²) in [6.45, 7) is 8.42. The van der Waals surface area contributed by atoms with Crippen molar-refractivity contribution < 1.29 is 0 Å².